The lowest BCUT2D eigenvalue weighted by molar-refractivity contribution is -0.125. The SMILES string of the molecule is O=C(O)c1ccc(CN2C(=O)CNC2=O)cn1. The highest BCUT2D eigenvalue weighted by molar-refractivity contribution is 6.01. The number of aromatic carboxylic acids is 1. The van der Waals surface area contributed by atoms with Crippen LogP contribution in [0.1, 0.15) is 16.1 Å². The van der Waals surface area contributed by atoms with Crippen molar-refractivity contribution in [2.75, 3.05) is 6.54 Å². The standard InChI is InChI=1S/C10H9N3O4/c14-8-4-12-10(17)13(8)5-6-1-2-7(9(15)16)11-3-6/h1-3H,4-5H2,(H,12,17)(H,15,16). The molecule has 88 valence electrons. The fourth-order valence-corrected chi connectivity index (χ4v) is 1.44. The minimum absolute atomic E-state index is 0.000524. The van der Waals surface area contributed by atoms with Gasteiger partial charge in [0.25, 0.3) is 0 Å². The van der Waals surface area contributed by atoms with Crippen molar-refractivity contribution >= 4 is 17.9 Å². The molecule has 17 heavy (non-hydrogen) atoms. The lowest BCUT2D eigenvalue weighted by atomic mass is 10.2. The van der Waals surface area contributed by atoms with Gasteiger partial charge in [-0.1, -0.05) is 6.07 Å². The van der Waals surface area contributed by atoms with Gasteiger partial charge in [0, 0.05) is 6.20 Å². The molecule has 0 aromatic carbocycles. The molecular weight excluding hydrogens is 226 g/mol. The third-order valence-electron chi connectivity index (χ3n) is 2.32. The Bertz CT molecular complexity index is 467. The number of carboxylic acid groups (broad SMARTS) is 1. The van der Waals surface area contributed by atoms with E-state index >= 15 is 0 Å². The number of hydrogen-bond donors (Lipinski definition) is 2. The minimum Gasteiger partial charge on any atom is -0.477 e. The van der Waals surface area contributed by atoms with Crippen LogP contribution < -0.4 is 5.32 Å². The minimum atomic E-state index is -1.12. The molecule has 0 unspecified atom stereocenters. The maximum atomic E-state index is 11.3. The number of rotatable bonds is 3. The number of imide groups is 1. The summed E-state index contributed by atoms with van der Waals surface area (Å²) in [5, 5.41) is 11.0. The molecule has 2 rings (SSSR count). The van der Waals surface area contributed by atoms with E-state index in [1.165, 1.54) is 18.3 Å². The van der Waals surface area contributed by atoms with Gasteiger partial charge in [0.05, 0.1) is 13.1 Å². The molecule has 2 N–H and O–H groups in total. The predicted molar refractivity (Wildman–Crippen MR) is 55.1 cm³/mol. The van der Waals surface area contributed by atoms with E-state index < -0.39 is 12.0 Å². The third kappa shape index (κ3) is 2.22. The molecule has 2 heterocycles. The molecule has 0 spiro atoms. The van der Waals surface area contributed by atoms with E-state index in [-0.39, 0.29) is 24.7 Å². The smallest absolute Gasteiger partial charge is 0.354 e. The number of amides is 3. The zero-order chi connectivity index (χ0) is 12.4. The molecule has 0 saturated carbocycles. The number of urea groups is 1. The summed E-state index contributed by atoms with van der Waals surface area (Å²) in [4.78, 5) is 37.9. The van der Waals surface area contributed by atoms with Gasteiger partial charge in [-0.3, -0.25) is 9.69 Å². The van der Waals surface area contributed by atoms with Crippen LogP contribution in [-0.2, 0) is 11.3 Å². The van der Waals surface area contributed by atoms with Crippen LogP contribution in [0.3, 0.4) is 0 Å². The summed E-state index contributed by atoms with van der Waals surface area (Å²) in [6.07, 6.45) is 1.34. The Morgan fingerprint density at radius 1 is 1.47 bits per heavy atom. The number of pyridine rings is 1. The molecule has 0 aliphatic carbocycles. The molecule has 7 heteroatoms. The summed E-state index contributed by atoms with van der Waals surface area (Å²) in [5.41, 5.74) is 0.520. The molecule has 0 bridgehead atoms. The summed E-state index contributed by atoms with van der Waals surface area (Å²) < 4.78 is 0. The fourth-order valence-electron chi connectivity index (χ4n) is 1.44. The van der Waals surface area contributed by atoms with Gasteiger partial charge in [-0.15, -0.1) is 0 Å². The number of nitrogens with zero attached hydrogens (tertiary/aromatic N) is 2. The van der Waals surface area contributed by atoms with Crippen molar-refractivity contribution in [3.8, 4) is 0 Å². The molecular formula is C10H9N3O4. The Morgan fingerprint density at radius 2 is 2.24 bits per heavy atom. The van der Waals surface area contributed by atoms with Crippen LogP contribution in [0.15, 0.2) is 18.3 Å². The first-order valence-corrected chi connectivity index (χ1v) is 4.84. The van der Waals surface area contributed by atoms with Gasteiger partial charge in [-0.25, -0.2) is 14.6 Å². The molecule has 1 fully saturated rings. The van der Waals surface area contributed by atoms with Crippen LogP contribution in [0, 0.1) is 0 Å². The Hall–Kier alpha value is -2.44. The number of carbonyl (C=O) groups is 3. The van der Waals surface area contributed by atoms with Crippen molar-refractivity contribution in [1.82, 2.24) is 15.2 Å². The molecule has 1 aliphatic heterocycles. The average Bonchev–Trinajstić information content (AvgIpc) is 2.61. The topological polar surface area (TPSA) is 99.6 Å². The molecule has 1 saturated heterocycles. The molecule has 0 radical (unpaired) electrons. The first-order chi connectivity index (χ1) is 8.08. The van der Waals surface area contributed by atoms with Crippen molar-refractivity contribution in [2.45, 2.75) is 6.54 Å². The number of carbonyl (C=O) groups excluding carboxylic acids is 2. The monoisotopic (exact) mass is 235 g/mol. The van der Waals surface area contributed by atoms with Gasteiger partial charge in [-0.05, 0) is 11.6 Å². The summed E-state index contributed by atoms with van der Waals surface area (Å²) in [6, 6.07) is 2.41. The second-order valence-electron chi connectivity index (χ2n) is 3.50. The zero-order valence-electron chi connectivity index (χ0n) is 8.71. The summed E-state index contributed by atoms with van der Waals surface area (Å²) in [7, 11) is 0. The van der Waals surface area contributed by atoms with Crippen molar-refractivity contribution < 1.29 is 19.5 Å². The molecule has 1 aromatic rings. The van der Waals surface area contributed by atoms with Crippen molar-refractivity contribution in [3.63, 3.8) is 0 Å². The number of hydrogen-bond acceptors (Lipinski definition) is 4. The second-order valence-corrected chi connectivity index (χ2v) is 3.50. The lowest BCUT2D eigenvalue weighted by Crippen LogP contribution is -2.30. The van der Waals surface area contributed by atoms with E-state index in [1.807, 2.05) is 0 Å². The normalized spacial score (nSPS) is 14.9. The molecule has 3 amide bonds. The summed E-state index contributed by atoms with van der Waals surface area (Å²) in [5.74, 6) is -1.43. The average molecular weight is 235 g/mol. The third-order valence-corrected chi connectivity index (χ3v) is 2.32. The highest BCUT2D eigenvalue weighted by atomic mass is 16.4. The first-order valence-electron chi connectivity index (χ1n) is 4.84. The van der Waals surface area contributed by atoms with Crippen LogP contribution >= 0.6 is 0 Å². The first kappa shape index (κ1) is 11.1. The van der Waals surface area contributed by atoms with Gasteiger partial charge in [-0.2, -0.15) is 0 Å². The zero-order valence-corrected chi connectivity index (χ0v) is 8.71. The fraction of sp³-hybridized carbons (Fsp3) is 0.200. The van der Waals surface area contributed by atoms with Crippen LogP contribution in [0.25, 0.3) is 0 Å². The van der Waals surface area contributed by atoms with Crippen LogP contribution in [-0.4, -0.2) is 39.4 Å². The van der Waals surface area contributed by atoms with Gasteiger partial charge in [0.2, 0.25) is 5.91 Å². The maximum Gasteiger partial charge on any atom is 0.354 e. The lowest BCUT2D eigenvalue weighted by Gasteiger charge is -2.11. The summed E-state index contributed by atoms with van der Waals surface area (Å²) >= 11 is 0. The highest BCUT2D eigenvalue weighted by Crippen LogP contribution is 2.08. The van der Waals surface area contributed by atoms with E-state index in [0.29, 0.717) is 5.56 Å². The number of nitrogens with one attached hydrogen (secondary N) is 1. The second kappa shape index (κ2) is 4.20. The van der Waals surface area contributed by atoms with Crippen LogP contribution in [0.4, 0.5) is 4.79 Å². The predicted octanol–water partition coefficient (Wildman–Crippen LogP) is -0.168. The number of aromatic nitrogens is 1. The Kier molecular flexibility index (Phi) is 2.73. The maximum absolute atomic E-state index is 11.3. The van der Waals surface area contributed by atoms with E-state index in [9.17, 15) is 14.4 Å². The van der Waals surface area contributed by atoms with Gasteiger partial charge in [0.15, 0.2) is 0 Å². The molecule has 7 nitrogen and oxygen atoms in total. The van der Waals surface area contributed by atoms with Crippen LogP contribution in [0.2, 0.25) is 0 Å². The van der Waals surface area contributed by atoms with E-state index in [1.54, 1.807) is 0 Å². The van der Waals surface area contributed by atoms with Crippen molar-refractivity contribution in [3.05, 3.63) is 29.6 Å². The van der Waals surface area contributed by atoms with Crippen molar-refractivity contribution in [1.29, 1.82) is 0 Å². The largest absolute Gasteiger partial charge is 0.477 e. The van der Waals surface area contributed by atoms with Crippen molar-refractivity contribution in [2.24, 2.45) is 0 Å². The van der Waals surface area contributed by atoms with Gasteiger partial charge in [0.1, 0.15) is 5.69 Å². The molecule has 0 atom stereocenters. The summed E-state index contributed by atoms with van der Waals surface area (Å²) in [6.45, 7) is 0.0943. The Labute approximate surface area is 96.1 Å². The highest BCUT2D eigenvalue weighted by Gasteiger charge is 2.28. The van der Waals surface area contributed by atoms with E-state index in [0.717, 1.165) is 4.90 Å². The van der Waals surface area contributed by atoms with Gasteiger partial charge < -0.3 is 10.4 Å². The Morgan fingerprint density at radius 3 is 2.71 bits per heavy atom. The Balaban J connectivity index is 2.11. The quantitative estimate of drug-likeness (QED) is 0.708. The molecule has 1 aromatic heterocycles. The number of carboxylic acids is 1. The van der Waals surface area contributed by atoms with E-state index in [2.05, 4.69) is 10.3 Å². The molecule has 1 aliphatic rings. The van der Waals surface area contributed by atoms with E-state index in [4.69, 9.17) is 5.11 Å². The van der Waals surface area contributed by atoms with Crippen LogP contribution in [0.5, 0.6) is 0 Å². The van der Waals surface area contributed by atoms with Gasteiger partial charge >= 0.3 is 12.0 Å².